The number of nitrogens with zero attached hydrogens (tertiary/aromatic N) is 3. The van der Waals surface area contributed by atoms with Crippen molar-refractivity contribution < 1.29 is 35.5 Å². The van der Waals surface area contributed by atoms with E-state index in [2.05, 4.69) is 9.97 Å². The maximum Gasteiger partial charge on any atom is 0.417 e. The van der Waals surface area contributed by atoms with Crippen LogP contribution in [0.2, 0.25) is 0 Å². The lowest BCUT2D eigenvalue weighted by Gasteiger charge is -2.40. The second-order valence-corrected chi connectivity index (χ2v) is 8.86. The molecule has 4 heterocycles. The molecule has 11 heteroatoms. The summed E-state index contributed by atoms with van der Waals surface area (Å²) >= 11 is 0. The Hall–Kier alpha value is -3.24. The molecule has 2 aliphatic heterocycles. The van der Waals surface area contributed by atoms with Gasteiger partial charge in [-0.1, -0.05) is 0 Å². The van der Waals surface area contributed by atoms with Crippen molar-refractivity contribution in [3.63, 3.8) is 0 Å². The van der Waals surface area contributed by atoms with Gasteiger partial charge in [-0.2, -0.15) is 26.3 Å². The van der Waals surface area contributed by atoms with Gasteiger partial charge in [0.2, 0.25) is 0 Å². The number of hydrogen-bond donors (Lipinski definition) is 0. The van der Waals surface area contributed by atoms with Gasteiger partial charge in [0.05, 0.1) is 22.9 Å². The molecule has 3 atom stereocenters. The van der Waals surface area contributed by atoms with Crippen molar-refractivity contribution in [2.75, 3.05) is 4.90 Å². The molecule has 2 bridgehead atoms. The molecule has 0 amide bonds. The summed E-state index contributed by atoms with van der Waals surface area (Å²) in [5.41, 5.74) is -1.46. The third-order valence-electron chi connectivity index (χ3n) is 6.52. The molecule has 35 heavy (non-hydrogen) atoms. The van der Waals surface area contributed by atoms with Crippen LogP contribution >= 0.6 is 0 Å². The van der Waals surface area contributed by atoms with Crippen molar-refractivity contribution >= 4 is 5.82 Å². The van der Waals surface area contributed by atoms with Gasteiger partial charge in [0.25, 0.3) is 0 Å². The van der Waals surface area contributed by atoms with E-state index in [1.165, 1.54) is 18.3 Å². The number of benzene rings is 1. The number of ether oxygens (including phenoxy) is 1. The number of hydrogen-bond acceptors (Lipinski definition) is 5. The first kappa shape index (κ1) is 23.5. The van der Waals surface area contributed by atoms with Crippen molar-refractivity contribution in [3.05, 3.63) is 59.7 Å². The van der Waals surface area contributed by atoms with Crippen LogP contribution in [0, 0.1) is 6.92 Å². The van der Waals surface area contributed by atoms with Crippen molar-refractivity contribution in [2.24, 2.45) is 0 Å². The Morgan fingerprint density at radius 2 is 1.54 bits per heavy atom. The molecule has 5 rings (SSSR count). The predicted octanol–water partition coefficient (Wildman–Crippen LogP) is 6.66. The van der Waals surface area contributed by atoms with E-state index in [9.17, 15) is 26.3 Å². The Bertz CT molecular complexity index is 1190. The van der Waals surface area contributed by atoms with Crippen LogP contribution in [0.5, 0.6) is 5.75 Å². The molecule has 0 spiro atoms. The fraction of sp³-hybridized carbons (Fsp3) is 0.417. The molecule has 2 aliphatic rings. The van der Waals surface area contributed by atoms with E-state index < -0.39 is 23.5 Å². The van der Waals surface area contributed by atoms with Crippen LogP contribution in [-0.4, -0.2) is 28.2 Å². The van der Waals surface area contributed by atoms with Crippen LogP contribution < -0.4 is 9.64 Å². The summed E-state index contributed by atoms with van der Waals surface area (Å²) in [5.74, 6) is 1.24. The van der Waals surface area contributed by atoms with Gasteiger partial charge in [-0.3, -0.25) is 0 Å². The average Bonchev–Trinajstić information content (AvgIpc) is 3.33. The zero-order chi connectivity index (χ0) is 25.0. The molecular formula is C24H21F6N3O2. The molecule has 2 unspecified atom stereocenters. The van der Waals surface area contributed by atoms with Crippen LogP contribution in [0.1, 0.15) is 42.7 Å². The van der Waals surface area contributed by atoms with Gasteiger partial charge in [0, 0.05) is 38.0 Å². The Morgan fingerprint density at radius 1 is 0.886 bits per heavy atom. The smallest absolute Gasteiger partial charge is 0.417 e. The zero-order valence-electron chi connectivity index (χ0n) is 18.5. The number of rotatable bonds is 4. The SMILES string of the molecule is Cc1ncc(-c2cc(C(F)(F)F)ccc2OC2CC3CC[C@@H](C2)N3c2ccc(C(F)(F)F)cn2)o1. The quantitative estimate of drug-likeness (QED) is 0.377. The lowest BCUT2D eigenvalue weighted by molar-refractivity contribution is -0.138. The molecule has 186 valence electrons. The number of halogens is 6. The van der Waals surface area contributed by atoms with Gasteiger partial charge in [-0.15, -0.1) is 0 Å². The summed E-state index contributed by atoms with van der Waals surface area (Å²) in [6.45, 7) is 1.60. The fourth-order valence-electron chi connectivity index (χ4n) is 4.97. The lowest BCUT2D eigenvalue weighted by Crippen LogP contribution is -2.46. The highest BCUT2D eigenvalue weighted by atomic mass is 19.4. The van der Waals surface area contributed by atoms with Gasteiger partial charge in [0.1, 0.15) is 17.7 Å². The summed E-state index contributed by atoms with van der Waals surface area (Å²) < 4.78 is 90.3. The summed E-state index contributed by atoms with van der Waals surface area (Å²) in [6, 6.07) is 5.68. The largest absolute Gasteiger partial charge is 0.489 e. The Balaban J connectivity index is 1.36. The fourth-order valence-corrected chi connectivity index (χ4v) is 4.97. The molecule has 3 aromatic rings. The summed E-state index contributed by atoms with van der Waals surface area (Å²) in [7, 11) is 0. The molecule has 2 fully saturated rings. The molecule has 2 saturated heterocycles. The van der Waals surface area contributed by atoms with Gasteiger partial charge >= 0.3 is 12.4 Å². The molecule has 0 radical (unpaired) electrons. The summed E-state index contributed by atoms with van der Waals surface area (Å²) in [6.07, 6.45) is -4.27. The topological polar surface area (TPSA) is 51.4 Å². The number of anilines is 1. The average molecular weight is 497 g/mol. The third kappa shape index (κ3) is 4.68. The number of pyridine rings is 1. The van der Waals surface area contributed by atoms with Gasteiger partial charge in [-0.25, -0.2) is 9.97 Å². The van der Waals surface area contributed by atoms with E-state index in [1.54, 1.807) is 6.92 Å². The minimum Gasteiger partial charge on any atom is -0.489 e. The maximum atomic E-state index is 13.3. The van der Waals surface area contributed by atoms with Crippen LogP contribution in [-0.2, 0) is 12.4 Å². The second kappa shape index (κ2) is 8.46. The lowest BCUT2D eigenvalue weighted by atomic mass is 9.99. The normalized spacial score (nSPS) is 22.5. The maximum absolute atomic E-state index is 13.3. The molecule has 0 N–H and O–H groups in total. The summed E-state index contributed by atoms with van der Waals surface area (Å²) in [5, 5.41) is 0. The van der Waals surface area contributed by atoms with Gasteiger partial charge < -0.3 is 14.1 Å². The van der Waals surface area contributed by atoms with Crippen molar-refractivity contribution in [1.29, 1.82) is 0 Å². The van der Waals surface area contributed by atoms with Gasteiger partial charge in [-0.05, 0) is 43.2 Å². The Kier molecular flexibility index (Phi) is 5.68. The molecule has 0 saturated carbocycles. The first-order valence-corrected chi connectivity index (χ1v) is 11.1. The van der Waals surface area contributed by atoms with Crippen LogP contribution in [0.15, 0.2) is 47.1 Å². The number of aryl methyl sites for hydroxylation is 1. The zero-order valence-corrected chi connectivity index (χ0v) is 18.5. The molecule has 1 aromatic carbocycles. The van der Waals surface area contributed by atoms with E-state index in [-0.39, 0.29) is 35.3 Å². The number of alkyl halides is 6. The van der Waals surface area contributed by atoms with Crippen molar-refractivity contribution in [1.82, 2.24) is 9.97 Å². The van der Waals surface area contributed by atoms with E-state index in [1.807, 2.05) is 4.90 Å². The van der Waals surface area contributed by atoms with Crippen LogP contribution in [0.3, 0.4) is 0 Å². The second-order valence-electron chi connectivity index (χ2n) is 8.86. The highest BCUT2D eigenvalue weighted by molar-refractivity contribution is 5.66. The van der Waals surface area contributed by atoms with E-state index in [4.69, 9.17) is 9.15 Å². The van der Waals surface area contributed by atoms with E-state index in [0.29, 0.717) is 24.6 Å². The molecule has 5 nitrogen and oxygen atoms in total. The highest BCUT2D eigenvalue weighted by Crippen LogP contribution is 2.43. The highest BCUT2D eigenvalue weighted by Gasteiger charge is 2.43. The molecule has 0 aliphatic carbocycles. The number of fused-ring (bicyclic) bond motifs is 2. The molecular weight excluding hydrogens is 476 g/mol. The minimum absolute atomic E-state index is 0.00779. The summed E-state index contributed by atoms with van der Waals surface area (Å²) in [4.78, 5) is 10.1. The standard InChI is InChI=1S/C24H21F6N3O2/c1-13-31-12-21(34-13)19-8-14(23(25,26)27)2-6-20(19)35-18-9-16-4-5-17(10-18)33(16)22-7-3-15(11-32-22)24(28,29)30/h2-3,6-8,11-12,16-18H,4-5,9-10H2,1H3/t16-,17?,18?/m0/s1. The first-order chi connectivity index (χ1) is 16.5. The first-order valence-electron chi connectivity index (χ1n) is 11.1. The van der Waals surface area contributed by atoms with Crippen LogP contribution in [0.4, 0.5) is 32.2 Å². The minimum atomic E-state index is -4.53. The Morgan fingerprint density at radius 3 is 2.09 bits per heavy atom. The third-order valence-corrected chi connectivity index (χ3v) is 6.52. The number of piperidine rings is 1. The van der Waals surface area contributed by atoms with E-state index >= 15 is 0 Å². The van der Waals surface area contributed by atoms with Gasteiger partial charge in [0.15, 0.2) is 11.7 Å². The van der Waals surface area contributed by atoms with Crippen molar-refractivity contribution in [3.8, 4) is 17.1 Å². The monoisotopic (exact) mass is 497 g/mol. The number of aromatic nitrogens is 2. The van der Waals surface area contributed by atoms with Crippen LogP contribution in [0.25, 0.3) is 11.3 Å². The Labute approximate surface area is 196 Å². The number of oxazole rings is 1. The molecule has 2 aromatic heterocycles. The van der Waals surface area contributed by atoms with E-state index in [0.717, 1.165) is 37.2 Å². The van der Waals surface area contributed by atoms with Crippen molar-refractivity contribution in [2.45, 2.75) is 63.1 Å². The predicted molar refractivity (Wildman–Crippen MR) is 114 cm³/mol.